The summed E-state index contributed by atoms with van der Waals surface area (Å²) in [7, 11) is 0. The summed E-state index contributed by atoms with van der Waals surface area (Å²) in [6.07, 6.45) is 0. The van der Waals surface area contributed by atoms with E-state index in [1.807, 2.05) is 68.4 Å². The van der Waals surface area contributed by atoms with Gasteiger partial charge in [0.05, 0.1) is 13.2 Å². The second-order valence-electron chi connectivity index (χ2n) is 7.60. The molecule has 2 aromatic carbocycles. The van der Waals surface area contributed by atoms with Crippen molar-refractivity contribution in [1.82, 2.24) is 9.97 Å². The maximum atomic E-state index is 12.2. The van der Waals surface area contributed by atoms with Crippen molar-refractivity contribution in [3.63, 3.8) is 0 Å². The van der Waals surface area contributed by atoms with Crippen molar-refractivity contribution in [3.8, 4) is 5.75 Å². The Hall–Kier alpha value is -3.65. The second-order valence-corrected chi connectivity index (χ2v) is 7.60. The predicted octanol–water partition coefficient (Wildman–Crippen LogP) is 3.69. The lowest BCUT2D eigenvalue weighted by Crippen LogP contribution is -2.37. The Morgan fingerprint density at radius 3 is 2.50 bits per heavy atom. The van der Waals surface area contributed by atoms with E-state index in [0.29, 0.717) is 30.6 Å². The highest BCUT2D eigenvalue weighted by molar-refractivity contribution is 5.92. The van der Waals surface area contributed by atoms with Crippen LogP contribution in [0.25, 0.3) is 0 Å². The van der Waals surface area contributed by atoms with Crippen molar-refractivity contribution in [1.29, 1.82) is 0 Å². The largest absolute Gasteiger partial charge is 0.483 e. The molecule has 32 heavy (non-hydrogen) atoms. The number of rotatable bonds is 7. The topological polar surface area (TPSA) is 88.6 Å². The number of aromatic nitrogens is 2. The van der Waals surface area contributed by atoms with Crippen LogP contribution in [0, 0.1) is 13.8 Å². The molecule has 0 radical (unpaired) electrons. The number of amides is 1. The molecule has 3 aromatic rings. The minimum atomic E-state index is -0.212. The molecule has 1 saturated heterocycles. The predicted molar refractivity (Wildman–Crippen MR) is 125 cm³/mol. The van der Waals surface area contributed by atoms with Gasteiger partial charge in [-0.05, 0) is 49.7 Å². The number of carbonyl (C=O) groups excluding carboxylic acids is 1. The first-order valence-electron chi connectivity index (χ1n) is 10.6. The van der Waals surface area contributed by atoms with Crippen molar-refractivity contribution >= 4 is 29.0 Å². The Bertz CT molecular complexity index is 1070. The zero-order valence-electron chi connectivity index (χ0n) is 18.3. The Kier molecular flexibility index (Phi) is 6.81. The number of nitrogens with zero attached hydrogens (tertiary/aromatic N) is 3. The third-order valence-corrected chi connectivity index (χ3v) is 5.03. The van der Waals surface area contributed by atoms with E-state index in [1.165, 1.54) is 0 Å². The molecule has 4 rings (SSSR count). The SMILES string of the molecule is Cc1cc(Nc2ccc(NC(=O)COc3ccccc3C)cc2)nc(N2CCOCC2)n1. The van der Waals surface area contributed by atoms with Crippen LogP contribution in [-0.4, -0.2) is 48.8 Å². The third-order valence-electron chi connectivity index (χ3n) is 5.03. The number of para-hydroxylation sites is 1. The molecule has 2 heterocycles. The number of ether oxygens (including phenoxy) is 2. The zero-order chi connectivity index (χ0) is 22.3. The molecule has 8 nitrogen and oxygen atoms in total. The van der Waals surface area contributed by atoms with E-state index in [-0.39, 0.29) is 12.5 Å². The normalized spacial score (nSPS) is 13.5. The van der Waals surface area contributed by atoms with Crippen molar-refractivity contribution in [2.24, 2.45) is 0 Å². The van der Waals surface area contributed by atoms with Gasteiger partial charge in [-0.2, -0.15) is 4.98 Å². The number of nitrogens with one attached hydrogen (secondary N) is 2. The van der Waals surface area contributed by atoms with Gasteiger partial charge in [0.25, 0.3) is 5.91 Å². The minimum Gasteiger partial charge on any atom is -0.483 e. The van der Waals surface area contributed by atoms with Crippen LogP contribution in [0.15, 0.2) is 54.6 Å². The van der Waals surface area contributed by atoms with Gasteiger partial charge < -0.3 is 25.0 Å². The van der Waals surface area contributed by atoms with Crippen LogP contribution in [0.3, 0.4) is 0 Å². The summed E-state index contributed by atoms with van der Waals surface area (Å²) >= 11 is 0. The Labute approximate surface area is 187 Å². The van der Waals surface area contributed by atoms with E-state index in [1.54, 1.807) is 0 Å². The Morgan fingerprint density at radius 2 is 1.75 bits per heavy atom. The summed E-state index contributed by atoms with van der Waals surface area (Å²) < 4.78 is 11.0. The number of carbonyl (C=O) groups is 1. The summed E-state index contributed by atoms with van der Waals surface area (Å²) in [4.78, 5) is 23.5. The van der Waals surface area contributed by atoms with Gasteiger partial charge >= 0.3 is 0 Å². The fraction of sp³-hybridized carbons (Fsp3) is 0.292. The lowest BCUT2D eigenvalue weighted by molar-refractivity contribution is -0.118. The van der Waals surface area contributed by atoms with Gasteiger partial charge in [-0.3, -0.25) is 4.79 Å². The first kappa shape index (κ1) is 21.6. The number of aryl methyl sites for hydroxylation is 2. The molecule has 0 spiro atoms. The summed E-state index contributed by atoms with van der Waals surface area (Å²) in [5.74, 6) is 1.92. The summed E-state index contributed by atoms with van der Waals surface area (Å²) in [6.45, 7) is 6.79. The second kappa shape index (κ2) is 10.1. The van der Waals surface area contributed by atoms with E-state index in [4.69, 9.17) is 9.47 Å². The minimum absolute atomic E-state index is 0.0462. The molecule has 1 amide bonds. The maximum absolute atomic E-state index is 12.2. The first-order valence-corrected chi connectivity index (χ1v) is 10.6. The summed E-state index contributed by atoms with van der Waals surface area (Å²) in [5, 5.41) is 6.16. The summed E-state index contributed by atoms with van der Waals surface area (Å²) in [5.41, 5.74) is 3.45. The van der Waals surface area contributed by atoms with Crippen LogP contribution >= 0.6 is 0 Å². The number of benzene rings is 2. The van der Waals surface area contributed by atoms with E-state index < -0.39 is 0 Å². The van der Waals surface area contributed by atoms with Crippen molar-refractivity contribution in [3.05, 3.63) is 65.9 Å². The molecular formula is C24H27N5O3. The number of morpholine rings is 1. The van der Waals surface area contributed by atoms with Gasteiger partial charge in [0.15, 0.2) is 6.61 Å². The number of hydrogen-bond donors (Lipinski definition) is 2. The van der Waals surface area contributed by atoms with Crippen molar-refractivity contribution in [2.75, 3.05) is 48.4 Å². The molecule has 8 heteroatoms. The molecule has 1 fully saturated rings. The van der Waals surface area contributed by atoms with Gasteiger partial charge in [-0.1, -0.05) is 18.2 Å². The molecule has 1 aliphatic heterocycles. The van der Waals surface area contributed by atoms with Crippen LogP contribution in [0.1, 0.15) is 11.3 Å². The number of hydrogen-bond acceptors (Lipinski definition) is 7. The van der Waals surface area contributed by atoms with E-state index in [0.717, 1.165) is 35.9 Å². The number of anilines is 4. The van der Waals surface area contributed by atoms with Crippen LogP contribution in [0.2, 0.25) is 0 Å². The maximum Gasteiger partial charge on any atom is 0.262 e. The molecule has 0 aliphatic carbocycles. The quantitative estimate of drug-likeness (QED) is 0.587. The lowest BCUT2D eigenvalue weighted by atomic mass is 10.2. The Morgan fingerprint density at radius 1 is 1.03 bits per heavy atom. The molecular weight excluding hydrogens is 406 g/mol. The lowest BCUT2D eigenvalue weighted by Gasteiger charge is -2.27. The molecule has 2 N–H and O–H groups in total. The highest BCUT2D eigenvalue weighted by Crippen LogP contribution is 2.21. The Balaban J connectivity index is 1.34. The standard InChI is InChI=1S/C24H27N5O3/c1-17-5-3-4-6-21(17)32-16-23(30)27-20-9-7-19(8-10-20)26-22-15-18(2)25-24(28-22)29-11-13-31-14-12-29/h3-10,15H,11-14,16H2,1-2H3,(H,27,30)(H,25,26,28). The smallest absolute Gasteiger partial charge is 0.262 e. The fourth-order valence-electron chi connectivity index (χ4n) is 3.37. The highest BCUT2D eigenvalue weighted by atomic mass is 16.5. The van der Waals surface area contributed by atoms with E-state index in [9.17, 15) is 4.79 Å². The van der Waals surface area contributed by atoms with Crippen molar-refractivity contribution < 1.29 is 14.3 Å². The van der Waals surface area contributed by atoms with Crippen LogP contribution < -0.4 is 20.3 Å². The first-order chi connectivity index (χ1) is 15.6. The zero-order valence-corrected chi connectivity index (χ0v) is 18.3. The molecule has 1 aliphatic rings. The van der Waals surface area contributed by atoms with Crippen molar-refractivity contribution in [2.45, 2.75) is 13.8 Å². The third kappa shape index (κ3) is 5.73. The van der Waals surface area contributed by atoms with Gasteiger partial charge in [0.2, 0.25) is 5.95 Å². The molecule has 0 unspecified atom stereocenters. The van der Waals surface area contributed by atoms with Gasteiger partial charge in [-0.25, -0.2) is 4.98 Å². The molecule has 0 bridgehead atoms. The van der Waals surface area contributed by atoms with Crippen LogP contribution in [0.4, 0.5) is 23.1 Å². The average Bonchev–Trinajstić information content (AvgIpc) is 2.80. The molecule has 166 valence electrons. The molecule has 1 aromatic heterocycles. The summed E-state index contributed by atoms with van der Waals surface area (Å²) in [6, 6.07) is 17.0. The van der Waals surface area contributed by atoms with Gasteiger partial charge in [0.1, 0.15) is 11.6 Å². The highest BCUT2D eigenvalue weighted by Gasteiger charge is 2.15. The van der Waals surface area contributed by atoms with E-state index >= 15 is 0 Å². The molecule has 0 saturated carbocycles. The van der Waals surface area contributed by atoms with Crippen LogP contribution in [-0.2, 0) is 9.53 Å². The molecule has 0 atom stereocenters. The van der Waals surface area contributed by atoms with E-state index in [2.05, 4.69) is 25.5 Å². The van der Waals surface area contributed by atoms with Gasteiger partial charge in [0, 0.05) is 36.2 Å². The van der Waals surface area contributed by atoms with Gasteiger partial charge in [-0.15, -0.1) is 0 Å². The van der Waals surface area contributed by atoms with Crippen LogP contribution in [0.5, 0.6) is 5.75 Å². The average molecular weight is 434 g/mol. The fourth-order valence-corrected chi connectivity index (χ4v) is 3.37. The monoisotopic (exact) mass is 433 g/mol.